The number of allylic oxidation sites excluding steroid dienone is 1. The molecule has 1 amide bonds. The summed E-state index contributed by atoms with van der Waals surface area (Å²) in [6.07, 6.45) is 0. The van der Waals surface area contributed by atoms with Crippen LogP contribution in [0.25, 0.3) is 5.57 Å². The zero-order valence-electron chi connectivity index (χ0n) is 8.26. The molecule has 0 bridgehead atoms. The molecule has 4 heteroatoms. The number of carbonyl (C=O) groups excluding carboxylic acids is 1. The van der Waals surface area contributed by atoms with Crippen molar-refractivity contribution in [1.82, 2.24) is 0 Å². The third-order valence-electron chi connectivity index (χ3n) is 1.82. The van der Waals surface area contributed by atoms with E-state index in [-0.39, 0.29) is 0 Å². The number of rotatable bonds is 3. The van der Waals surface area contributed by atoms with Crippen molar-refractivity contribution in [1.29, 1.82) is 0 Å². The van der Waals surface area contributed by atoms with Gasteiger partial charge in [0.05, 0.1) is 0 Å². The highest BCUT2D eigenvalue weighted by Crippen LogP contribution is 2.17. The van der Waals surface area contributed by atoms with Crippen molar-refractivity contribution in [2.24, 2.45) is 0 Å². The van der Waals surface area contributed by atoms with E-state index < -0.39 is 10.7 Å². The fraction of sp³-hybridized carbons (Fsp3) is 0.182. The van der Waals surface area contributed by atoms with Gasteiger partial charge in [-0.3, -0.25) is 4.79 Å². The molecule has 2 nitrogen and oxygen atoms in total. The summed E-state index contributed by atoms with van der Waals surface area (Å²) in [4.78, 5) is 10.1. The largest absolute Gasteiger partial charge is 0.324 e. The minimum atomic E-state index is -1.06. The molecular weight excluding hydrogens is 233 g/mol. The van der Waals surface area contributed by atoms with Gasteiger partial charge in [-0.1, -0.05) is 47.5 Å². The highest BCUT2D eigenvalue weighted by Gasteiger charge is 2.11. The number of benzene rings is 1. The second kappa shape index (κ2) is 5.19. The zero-order valence-corrected chi connectivity index (χ0v) is 9.77. The Hall–Kier alpha value is -0.990. The van der Waals surface area contributed by atoms with Gasteiger partial charge in [-0.15, -0.1) is 0 Å². The first-order valence-corrected chi connectivity index (χ1v) is 5.23. The first-order chi connectivity index (χ1) is 7.00. The number of carbonyl (C=O) groups is 1. The van der Waals surface area contributed by atoms with Crippen molar-refractivity contribution in [3.8, 4) is 0 Å². The minimum Gasteiger partial charge on any atom is -0.324 e. The average Bonchev–Trinajstić information content (AvgIpc) is 2.18. The van der Waals surface area contributed by atoms with Gasteiger partial charge in [-0.2, -0.15) is 0 Å². The summed E-state index contributed by atoms with van der Waals surface area (Å²) in [5, 5.41) is 2.59. The maximum Gasteiger partial charge on any atom is 0.257 e. The second-order valence-electron chi connectivity index (χ2n) is 3.15. The number of anilines is 1. The van der Waals surface area contributed by atoms with E-state index in [9.17, 15) is 4.79 Å². The van der Waals surface area contributed by atoms with Crippen LogP contribution in [0.1, 0.15) is 12.5 Å². The van der Waals surface area contributed by atoms with Crippen LogP contribution < -0.4 is 5.32 Å². The maximum absolute atomic E-state index is 11.2. The zero-order chi connectivity index (χ0) is 11.4. The third kappa shape index (κ3) is 3.57. The van der Waals surface area contributed by atoms with E-state index in [1.807, 2.05) is 25.1 Å². The van der Waals surface area contributed by atoms with Gasteiger partial charge < -0.3 is 5.32 Å². The van der Waals surface area contributed by atoms with Crippen LogP contribution in [0.3, 0.4) is 0 Å². The number of nitrogens with one attached hydrogen (secondary N) is 1. The lowest BCUT2D eigenvalue weighted by Gasteiger charge is -2.07. The van der Waals surface area contributed by atoms with E-state index >= 15 is 0 Å². The van der Waals surface area contributed by atoms with Crippen molar-refractivity contribution < 1.29 is 4.79 Å². The first kappa shape index (κ1) is 12.1. The van der Waals surface area contributed by atoms with E-state index in [0.717, 1.165) is 11.1 Å². The Kier molecular flexibility index (Phi) is 4.18. The van der Waals surface area contributed by atoms with Gasteiger partial charge in [0.2, 0.25) is 0 Å². The molecule has 0 saturated heterocycles. The van der Waals surface area contributed by atoms with Crippen molar-refractivity contribution in [2.45, 2.75) is 11.8 Å². The molecule has 0 unspecified atom stereocenters. The molecule has 80 valence electrons. The fourth-order valence-electron chi connectivity index (χ4n) is 1.06. The van der Waals surface area contributed by atoms with Crippen molar-refractivity contribution in [2.75, 3.05) is 5.32 Å². The molecule has 0 heterocycles. The van der Waals surface area contributed by atoms with E-state index in [1.54, 1.807) is 6.07 Å². The van der Waals surface area contributed by atoms with Gasteiger partial charge >= 0.3 is 0 Å². The molecule has 15 heavy (non-hydrogen) atoms. The molecule has 0 spiro atoms. The number of hydrogen-bond acceptors (Lipinski definition) is 1. The Labute approximate surface area is 98.9 Å². The number of alkyl halides is 2. The lowest BCUT2D eigenvalue weighted by molar-refractivity contribution is -0.114. The summed E-state index contributed by atoms with van der Waals surface area (Å²) in [6, 6.07) is 7.32. The topological polar surface area (TPSA) is 29.1 Å². The SMILES string of the molecule is C=C(C)c1cccc(NC(=O)C(Cl)Cl)c1. The van der Waals surface area contributed by atoms with Crippen LogP contribution in [-0.2, 0) is 4.79 Å². The van der Waals surface area contributed by atoms with Crippen molar-refractivity contribution in [3.05, 3.63) is 36.4 Å². The van der Waals surface area contributed by atoms with Crippen LogP contribution in [-0.4, -0.2) is 10.7 Å². The van der Waals surface area contributed by atoms with Gasteiger partial charge in [-0.25, -0.2) is 0 Å². The Bertz CT molecular complexity index is 388. The molecule has 1 aromatic rings. The van der Waals surface area contributed by atoms with Crippen molar-refractivity contribution in [3.63, 3.8) is 0 Å². The Morgan fingerprint density at radius 2 is 2.13 bits per heavy atom. The highest BCUT2D eigenvalue weighted by atomic mass is 35.5. The predicted octanol–water partition coefficient (Wildman–Crippen LogP) is 3.46. The molecule has 0 aliphatic rings. The third-order valence-corrected chi connectivity index (χ3v) is 2.22. The van der Waals surface area contributed by atoms with Crippen molar-refractivity contribution >= 4 is 40.4 Å². The average molecular weight is 244 g/mol. The molecule has 0 fully saturated rings. The molecule has 0 aliphatic carbocycles. The number of amides is 1. The molecule has 1 aromatic carbocycles. The summed E-state index contributed by atoms with van der Waals surface area (Å²) in [5.74, 6) is -0.433. The van der Waals surface area contributed by atoms with Crippen LogP contribution in [0.5, 0.6) is 0 Å². The van der Waals surface area contributed by atoms with Gasteiger partial charge in [0.15, 0.2) is 4.84 Å². The maximum atomic E-state index is 11.2. The Balaban J connectivity index is 2.83. The lowest BCUT2D eigenvalue weighted by atomic mass is 10.1. The molecule has 0 saturated carbocycles. The Morgan fingerprint density at radius 3 is 2.67 bits per heavy atom. The normalized spacial score (nSPS) is 10.1. The van der Waals surface area contributed by atoms with Crippen LogP contribution >= 0.6 is 23.2 Å². The summed E-state index contributed by atoms with van der Waals surface area (Å²) in [7, 11) is 0. The highest BCUT2D eigenvalue weighted by molar-refractivity contribution is 6.54. The van der Waals surface area contributed by atoms with Crippen LogP contribution in [0.4, 0.5) is 5.69 Å². The molecule has 0 atom stereocenters. The molecule has 0 radical (unpaired) electrons. The molecule has 1 N–H and O–H groups in total. The smallest absolute Gasteiger partial charge is 0.257 e. The van der Waals surface area contributed by atoms with Gasteiger partial charge in [0.25, 0.3) is 5.91 Å². The Morgan fingerprint density at radius 1 is 1.47 bits per heavy atom. The van der Waals surface area contributed by atoms with E-state index in [4.69, 9.17) is 23.2 Å². The monoisotopic (exact) mass is 243 g/mol. The summed E-state index contributed by atoms with van der Waals surface area (Å²) < 4.78 is 0. The van der Waals surface area contributed by atoms with Gasteiger partial charge in [0, 0.05) is 5.69 Å². The van der Waals surface area contributed by atoms with E-state index in [0.29, 0.717) is 5.69 Å². The van der Waals surface area contributed by atoms with Gasteiger partial charge in [0.1, 0.15) is 0 Å². The molecular formula is C11H11Cl2NO. The lowest BCUT2D eigenvalue weighted by Crippen LogP contribution is -2.18. The number of hydrogen-bond donors (Lipinski definition) is 1. The fourth-order valence-corrected chi connectivity index (χ4v) is 1.17. The van der Waals surface area contributed by atoms with E-state index in [1.165, 1.54) is 0 Å². The summed E-state index contributed by atoms with van der Waals surface area (Å²) >= 11 is 10.8. The number of halogens is 2. The van der Waals surface area contributed by atoms with E-state index in [2.05, 4.69) is 11.9 Å². The molecule has 0 aromatic heterocycles. The second-order valence-corrected chi connectivity index (χ2v) is 4.25. The standard InChI is InChI=1S/C11H11Cl2NO/c1-7(2)8-4-3-5-9(6-8)14-11(15)10(12)13/h3-6,10H,1H2,2H3,(H,14,15). The van der Waals surface area contributed by atoms with Crippen LogP contribution in [0.15, 0.2) is 30.8 Å². The molecule has 1 rings (SSSR count). The first-order valence-electron chi connectivity index (χ1n) is 4.35. The summed E-state index contributed by atoms with van der Waals surface area (Å²) in [5.41, 5.74) is 2.56. The predicted molar refractivity (Wildman–Crippen MR) is 65.3 cm³/mol. The van der Waals surface area contributed by atoms with Gasteiger partial charge in [-0.05, 0) is 24.6 Å². The van der Waals surface area contributed by atoms with Crippen LogP contribution in [0, 0.1) is 0 Å². The summed E-state index contributed by atoms with van der Waals surface area (Å²) in [6.45, 7) is 5.71. The minimum absolute atomic E-state index is 0.433. The van der Waals surface area contributed by atoms with Crippen LogP contribution in [0.2, 0.25) is 0 Å². The quantitative estimate of drug-likeness (QED) is 0.810. The molecule has 0 aliphatic heterocycles.